The smallest absolute Gasteiger partial charge is 0.222 e. The fourth-order valence-electron chi connectivity index (χ4n) is 5.10. The molecule has 1 amide bonds. The fourth-order valence-corrected chi connectivity index (χ4v) is 5.10. The summed E-state index contributed by atoms with van der Waals surface area (Å²) in [6, 6.07) is 0. The van der Waals surface area contributed by atoms with Gasteiger partial charge in [-0.1, -0.05) is 64.7 Å². The largest absolute Gasteiger partial charge is 0.370 e. The molecule has 2 fully saturated rings. The Balaban J connectivity index is 1.61. The Hall–Kier alpha value is -0.610. The number of hydrogen-bond acceptors (Lipinski definition) is 2. The van der Waals surface area contributed by atoms with Gasteiger partial charge in [0.2, 0.25) is 5.91 Å². The van der Waals surface area contributed by atoms with Crippen LogP contribution in [-0.2, 0) is 9.53 Å². The first kappa shape index (κ1) is 24.7. The van der Waals surface area contributed by atoms with E-state index in [9.17, 15) is 4.79 Å². The van der Waals surface area contributed by atoms with Crippen LogP contribution in [0, 0.1) is 0 Å². The second-order valence-electron chi connectivity index (χ2n) is 9.93. The first-order valence-corrected chi connectivity index (χ1v) is 12.9. The van der Waals surface area contributed by atoms with Crippen LogP contribution in [-0.4, -0.2) is 67.8 Å². The number of unbranched alkanes of at least 4 members (excludes halogenated alkanes) is 9. The van der Waals surface area contributed by atoms with E-state index in [0.29, 0.717) is 5.91 Å². The minimum absolute atomic E-state index is 0.207. The van der Waals surface area contributed by atoms with Gasteiger partial charge in [0.15, 0.2) is 0 Å². The topological polar surface area (TPSA) is 29.5 Å². The van der Waals surface area contributed by atoms with Gasteiger partial charge in [-0.05, 0) is 32.1 Å². The van der Waals surface area contributed by atoms with Gasteiger partial charge in [-0.15, -0.1) is 0 Å². The van der Waals surface area contributed by atoms with E-state index in [1.54, 1.807) is 0 Å². The van der Waals surface area contributed by atoms with Crippen LogP contribution in [0.15, 0.2) is 0 Å². The molecule has 0 N–H and O–H groups in total. The SMILES string of the molecule is CCCCCCCCCCCCOC(CN1CCCC1=O)C[N+]1(C)CCCCC1. The van der Waals surface area contributed by atoms with Crippen LogP contribution in [0.25, 0.3) is 0 Å². The fraction of sp³-hybridized carbons (Fsp3) is 0.960. The summed E-state index contributed by atoms with van der Waals surface area (Å²) in [5, 5.41) is 0. The predicted octanol–water partition coefficient (Wildman–Crippen LogP) is 5.55. The summed E-state index contributed by atoms with van der Waals surface area (Å²) in [7, 11) is 2.39. The van der Waals surface area contributed by atoms with Crippen molar-refractivity contribution in [3.8, 4) is 0 Å². The molecule has 4 nitrogen and oxygen atoms in total. The molecule has 2 aliphatic heterocycles. The Labute approximate surface area is 180 Å². The molecule has 0 aromatic rings. The molecule has 2 aliphatic rings. The number of likely N-dealkylation sites (N-methyl/N-ethyl adjacent to an activating group) is 1. The zero-order chi connectivity index (χ0) is 20.8. The molecule has 170 valence electrons. The lowest BCUT2D eigenvalue weighted by Crippen LogP contribution is -2.54. The van der Waals surface area contributed by atoms with Crippen molar-refractivity contribution in [1.82, 2.24) is 4.90 Å². The zero-order valence-electron chi connectivity index (χ0n) is 19.6. The van der Waals surface area contributed by atoms with Crippen LogP contribution in [0.4, 0.5) is 0 Å². The van der Waals surface area contributed by atoms with Gasteiger partial charge in [0.05, 0.1) is 26.7 Å². The Morgan fingerprint density at radius 2 is 1.52 bits per heavy atom. The predicted molar refractivity (Wildman–Crippen MR) is 122 cm³/mol. The number of quaternary nitrogens is 1. The van der Waals surface area contributed by atoms with E-state index in [1.165, 1.54) is 96.6 Å². The lowest BCUT2D eigenvalue weighted by molar-refractivity contribution is -0.916. The van der Waals surface area contributed by atoms with Crippen LogP contribution in [0.5, 0.6) is 0 Å². The van der Waals surface area contributed by atoms with Gasteiger partial charge in [0, 0.05) is 19.6 Å². The van der Waals surface area contributed by atoms with Crippen LogP contribution in [0.2, 0.25) is 0 Å². The maximum atomic E-state index is 12.1. The molecule has 0 spiro atoms. The number of rotatable bonds is 16. The number of carbonyl (C=O) groups excluding carboxylic acids is 1. The molecular weight excluding hydrogens is 360 g/mol. The Morgan fingerprint density at radius 3 is 2.10 bits per heavy atom. The number of ether oxygens (including phenoxy) is 1. The quantitative estimate of drug-likeness (QED) is 0.247. The molecule has 1 unspecified atom stereocenters. The average Bonchev–Trinajstić information content (AvgIpc) is 3.10. The molecule has 0 aromatic carbocycles. The van der Waals surface area contributed by atoms with E-state index in [2.05, 4.69) is 18.9 Å². The number of nitrogens with zero attached hydrogens (tertiary/aromatic N) is 2. The third kappa shape index (κ3) is 10.3. The van der Waals surface area contributed by atoms with Crippen molar-refractivity contribution in [2.45, 2.75) is 109 Å². The van der Waals surface area contributed by atoms with Gasteiger partial charge >= 0.3 is 0 Å². The third-order valence-corrected chi connectivity index (χ3v) is 6.99. The van der Waals surface area contributed by atoms with E-state index in [4.69, 9.17) is 4.74 Å². The second kappa shape index (κ2) is 14.4. The second-order valence-corrected chi connectivity index (χ2v) is 9.93. The summed E-state index contributed by atoms with van der Waals surface area (Å²) in [6.45, 7) is 8.50. The summed E-state index contributed by atoms with van der Waals surface area (Å²) >= 11 is 0. The first-order valence-electron chi connectivity index (χ1n) is 12.9. The minimum Gasteiger partial charge on any atom is -0.370 e. The Bertz CT molecular complexity index is 435. The highest BCUT2D eigenvalue weighted by Crippen LogP contribution is 2.20. The number of amides is 1. The maximum Gasteiger partial charge on any atom is 0.222 e. The van der Waals surface area contributed by atoms with Crippen LogP contribution < -0.4 is 0 Å². The van der Waals surface area contributed by atoms with Gasteiger partial charge < -0.3 is 14.1 Å². The van der Waals surface area contributed by atoms with Gasteiger partial charge in [-0.3, -0.25) is 4.79 Å². The van der Waals surface area contributed by atoms with Gasteiger partial charge in [-0.2, -0.15) is 0 Å². The summed E-state index contributed by atoms with van der Waals surface area (Å²) in [6.07, 6.45) is 19.6. The lowest BCUT2D eigenvalue weighted by Gasteiger charge is -2.40. The number of carbonyl (C=O) groups is 1. The maximum absolute atomic E-state index is 12.1. The molecule has 4 heteroatoms. The highest BCUT2D eigenvalue weighted by Gasteiger charge is 2.32. The molecule has 1 atom stereocenters. The van der Waals surface area contributed by atoms with Crippen molar-refractivity contribution in [3.63, 3.8) is 0 Å². The zero-order valence-corrected chi connectivity index (χ0v) is 19.6. The summed E-state index contributed by atoms with van der Waals surface area (Å²) in [4.78, 5) is 14.2. The van der Waals surface area contributed by atoms with Crippen LogP contribution in [0.1, 0.15) is 103 Å². The molecule has 2 heterocycles. The van der Waals surface area contributed by atoms with Crippen molar-refractivity contribution in [2.75, 3.05) is 46.4 Å². The normalized spacial score (nSPS) is 20.3. The van der Waals surface area contributed by atoms with E-state index in [0.717, 1.165) is 43.6 Å². The van der Waals surface area contributed by atoms with E-state index in [1.807, 2.05) is 0 Å². The van der Waals surface area contributed by atoms with Crippen molar-refractivity contribution in [1.29, 1.82) is 0 Å². The minimum atomic E-state index is 0.207. The lowest BCUT2D eigenvalue weighted by atomic mass is 10.1. The highest BCUT2D eigenvalue weighted by molar-refractivity contribution is 5.78. The van der Waals surface area contributed by atoms with Gasteiger partial charge in [-0.25, -0.2) is 0 Å². The molecule has 0 radical (unpaired) electrons. The molecule has 0 bridgehead atoms. The Kier molecular flexibility index (Phi) is 12.2. The number of hydrogen-bond donors (Lipinski definition) is 0. The first-order chi connectivity index (χ1) is 14.1. The summed E-state index contributed by atoms with van der Waals surface area (Å²) in [5.41, 5.74) is 0. The highest BCUT2D eigenvalue weighted by atomic mass is 16.5. The van der Waals surface area contributed by atoms with Crippen LogP contribution >= 0.6 is 0 Å². The Morgan fingerprint density at radius 1 is 0.897 bits per heavy atom. The van der Waals surface area contributed by atoms with E-state index in [-0.39, 0.29) is 6.10 Å². The third-order valence-electron chi connectivity index (χ3n) is 6.99. The summed E-state index contributed by atoms with van der Waals surface area (Å²) < 4.78 is 7.51. The monoisotopic (exact) mass is 409 g/mol. The van der Waals surface area contributed by atoms with Crippen molar-refractivity contribution in [3.05, 3.63) is 0 Å². The molecular formula is C25H49N2O2+. The van der Waals surface area contributed by atoms with E-state index < -0.39 is 0 Å². The number of likely N-dealkylation sites (tertiary alicyclic amines) is 2. The standard InChI is InChI=1S/C25H49N2O2/c1-3-4-5-6-7-8-9-10-11-15-21-29-24(22-26-18-16-17-25(26)28)23-27(2)19-13-12-14-20-27/h24H,3-23H2,1-2H3/q+1. The van der Waals surface area contributed by atoms with Gasteiger partial charge in [0.1, 0.15) is 12.6 Å². The molecule has 2 saturated heterocycles. The molecule has 2 rings (SSSR count). The number of piperidine rings is 1. The molecule has 0 aromatic heterocycles. The molecule has 0 saturated carbocycles. The van der Waals surface area contributed by atoms with Crippen molar-refractivity contribution in [2.24, 2.45) is 0 Å². The van der Waals surface area contributed by atoms with Crippen LogP contribution in [0.3, 0.4) is 0 Å². The van der Waals surface area contributed by atoms with Crippen molar-refractivity contribution >= 4 is 5.91 Å². The average molecular weight is 410 g/mol. The molecule has 0 aliphatic carbocycles. The van der Waals surface area contributed by atoms with Crippen molar-refractivity contribution < 1.29 is 14.0 Å². The van der Waals surface area contributed by atoms with Gasteiger partial charge in [0.25, 0.3) is 0 Å². The summed E-state index contributed by atoms with van der Waals surface area (Å²) in [5.74, 6) is 0.332. The van der Waals surface area contributed by atoms with E-state index >= 15 is 0 Å². The molecule has 29 heavy (non-hydrogen) atoms.